The number of hydrogen-bond donors (Lipinski definition) is 1. The summed E-state index contributed by atoms with van der Waals surface area (Å²) in [5, 5.41) is 3.51. The van der Waals surface area contributed by atoms with Gasteiger partial charge >= 0.3 is 0 Å². The van der Waals surface area contributed by atoms with Gasteiger partial charge in [0.05, 0.1) is 12.7 Å². The van der Waals surface area contributed by atoms with Gasteiger partial charge in [-0.15, -0.1) is 0 Å². The van der Waals surface area contributed by atoms with Crippen molar-refractivity contribution in [2.75, 3.05) is 33.4 Å². The van der Waals surface area contributed by atoms with E-state index in [0.29, 0.717) is 11.5 Å². The van der Waals surface area contributed by atoms with Gasteiger partial charge in [0.1, 0.15) is 0 Å². The zero-order valence-electron chi connectivity index (χ0n) is 11.2. The molecule has 2 rings (SSSR count). The molecule has 2 fully saturated rings. The molecule has 0 radical (unpaired) electrons. The van der Waals surface area contributed by atoms with E-state index in [1.165, 1.54) is 51.5 Å². The summed E-state index contributed by atoms with van der Waals surface area (Å²) in [6.45, 7) is 3.99. The highest BCUT2D eigenvalue weighted by Gasteiger charge is 2.41. The van der Waals surface area contributed by atoms with Crippen molar-refractivity contribution in [3.8, 4) is 0 Å². The van der Waals surface area contributed by atoms with E-state index in [9.17, 15) is 0 Å². The highest BCUT2D eigenvalue weighted by molar-refractivity contribution is 4.94. The molecule has 1 heterocycles. The van der Waals surface area contributed by atoms with Gasteiger partial charge in [-0.2, -0.15) is 0 Å². The Kier molecular flexibility index (Phi) is 5.26. The summed E-state index contributed by atoms with van der Waals surface area (Å²) in [5.74, 6) is 0. The Morgan fingerprint density at radius 1 is 1.41 bits per heavy atom. The van der Waals surface area contributed by atoms with E-state index in [2.05, 4.69) is 5.32 Å². The molecule has 1 unspecified atom stereocenters. The van der Waals surface area contributed by atoms with E-state index < -0.39 is 0 Å². The van der Waals surface area contributed by atoms with Gasteiger partial charge in [0.25, 0.3) is 0 Å². The molecule has 1 aliphatic carbocycles. The second-order valence-electron chi connectivity index (χ2n) is 5.70. The van der Waals surface area contributed by atoms with E-state index in [-0.39, 0.29) is 0 Å². The van der Waals surface area contributed by atoms with Crippen molar-refractivity contribution in [3.05, 3.63) is 0 Å². The second kappa shape index (κ2) is 6.72. The summed E-state index contributed by atoms with van der Waals surface area (Å²) in [6.07, 6.45) is 9.97. The maximum Gasteiger partial charge on any atom is 0.0587 e. The molecular weight excluding hydrogens is 214 g/mol. The molecule has 1 atom stereocenters. The normalized spacial score (nSPS) is 26.3. The summed E-state index contributed by atoms with van der Waals surface area (Å²) >= 11 is 0. The molecule has 0 aromatic rings. The van der Waals surface area contributed by atoms with Crippen molar-refractivity contribution in [1.82, 2.24) is 5.32 Å². The molecule has 0 bridgehead atoms. The molecule has 1 saturated heterocycles. The minimum atomic E-state index is 0.576. The summed E-state index contributed by atoms with van der Waals surface area (Å²) in [4.78, 5) is 0. The number of nitrogens with one attached hydrogen (secondary N) is 1. The van der Waals surface area contributed by atoms with E-state index in [4.69, 9.17) is 9.47 Å². The first kappa shape index (κ1) is 13.3. The standard InChI is InChI=1S/C14H27NO2/c1-16-11-9-15-12-14(7-8-14)6-2-4-13-5-3-10-17-13/h13,15H,2-12H2,1H3. The third-order valence-corrected chi connectivity index (χ3v) is 4.20. The topological polar surface area (TPSA) is 30.5 Å². The molecular formula is C14H27NO2. The first-order valence-corrected chi connectivity index (χ1v) is 7.16. The van der Waals surface area contributed by atoms with Gasteiger partial charge < -0.3 is 14.8 Å². The Bertz CT molecular complexity index is 210. The average molecular weight is 241 g/mol. The lowest BCUT2D eigenvalue weighted by molar-refractivity contribution is 0.100. The van der Waals surface area contributed by atoms with Crippen LogP contribution in [0.1, 0.15) is 44.9 Å². The van der Waals surface area contributed by atoms with Crippen LogP contribution in [0, 0.1) is 5.41 Å². The van der Waals surface area contributed by atoms with Gasteiger partial charge in [0.15, 0.2) is 0 Å². The Labute approximate surface area is 105 Å². The summed E-state index contributed by atoms with van der Waals surface area (Å²) < 4.78 is 10.7. The number of rotatable bonds is 9. The molecule has 3 nitrogen and oxygen atoms in total. The summed E-state index contributed by atoms with van der Waals surface area (Å²) in [6, 6.07) is 0. The molecule has 100 valence electrons. The Balaban J connectivity index is 1.51. The first-order valence-electron chi connectivity index (χ1n) is 7.16. The maximum absolute atomic E-state index is 5.67. The van der Waals surface area contributed by atoms with E-state index in [0.717, 1.165) is 19.8 Å². The van der Waals surface area contributed by atoms with E-state index in [1.807, 2.05) is 0 Å². The third kappa shape index (κ3) is 4.57. The van der Waals surface area contributed by atoms with Crippen LogP contribution in [0.3, 0.4) is 0 Å². The maximum atomic E-state index is 5.67. The number of methoxy groups -OCH3 is 1. The fourth-order valence-corrected chi connectivity index (χ4v) is 2.80. The zero-order chi connectivity index (χ0) is 12.0. The first-order chi connectivity index (χ1) is 8.35. The van der Waals surface area contributed by atoms with Crippen LogP contribution in [0.25, 0.3) is 0 Å². The predicted molar refractivity (Wildman–Crippen MR) is 69.2 cm³/mol. The fraction of sp³-hybridized carbons (Fsp3) is 1.00. The van der Waals surface area contributed by atoms with Crippen LogP contribution in [0.4, 0.5) is 0 Å². The summed E-state index contributed by atoms with van der Waals surface area (Å²) in [5.41, 5.74) is 0.631. The summed E-state index contributed by atoms with van der Waals surface area (Å²) in [7, 11) is 1.76. The van der Waals surface area contributed by atoms with Crippen molar-refractivity contribution in [2.24, 2.45) is 5.41 Å². The Morgan fingerprint density at radius 2 is 2.29 bits per heavy atom. The molecule has 1 N–H and O–H groups in total. The molecule has 17 heavy (non-hydrogen) atoms. The fourth-order valence-electron chi connectivity index (χ4n) is 2.80. The Morgan fingerprint density at radius 3 is 2.94 bits per heavy atom. The highest BCUT2D eigenvalue weighted by atomic mass is 16.5. The highest BCUT2D eigenvalue weighted by Crippen LogP contribution is 2.49. The van der Waals surface area contributed by atoms with Gasteiger partial charge in [-0.3, -0.25) is 0 Å². The molecule has 0 aromatic carbocycles. The van der Waals surface area contributed by atoms with Crippen molar-refractivity contribution in [3.63, 3.8) is 0 Å². The van der Waals surface area contributed by atoms with Gasteiger partial charge in [0, 0.05) is 26.8 Å². The van der Waals surface area contributed by atoms with Gasteiger partial charge in [-0.25, -0.2) is 0 Å². The smallest absolute Gasteiger partial charge is 0.0587 e. The molecule has 3 heteroatoms. The lowest BCUT2D eigenvalue weighted by atomic mass is 9.97. The lowest BCUT2D eigenvalue weighted by Crippen LogP contribution is -2.27. The average Bonchev–Trinajstić information content (AvgIpc) is 2.89. The van der Waals surface area contributed by atoms with Gasteiger partial charge in [-0.1, -0.05) is 6.42 Å². The number of ether oxygens (including phenoxy) is 2. The molecule has 1 saturated carbocycles. The van der Waals surface area contributed by atoms with Crippen LogP contribution in [-0.2, 0) is 9.47 Å². The predicted octanol–water partition coefficient (Wildman–Crippen LogP) is 2.35. The van der Waals surface area contributed by atoms with Crippen LogP contribution in [0.5, 0.6) is 0 Å². The zero-order valence-corrected chi connectivity index (χ0v) is 11.2. The van der Waals surface area contributed by atoms with Crippen molar-refractivity contribution < 1.29 is 9.47 Å². The van der Waals surface area contributed by atoms with Gasteiger partial charge in [0.2, 0.25) is 0 Å². The van der Waals surface area contributed by atoms with Crippen molar-refractivity contribution in [2.45, 2.75) is 51.0 Å². The van der Waals surface area contributed by atoms with Crippen LogP contribution in [0.15, 0.2) is 0 Å². The quantitative estimate of drug-likeness (QED) is 0.629. The van der Waals surface area contributed by atoms with E-state index >= 15 is 0 Å². The SMILES string of the molecule is COCCNCC1(CCCC2CCCO2)CC1. The Hall–Kier alpha value is -0.120. The van der Waals surface area contributed by atoms with Crippen molar-refractivity contribution in [1.29, 1.82) is 0 Å². The lowest BCUT2D eigenvalue weighted by Gasteiger charge is -2.17. The number of hydrogen-bond acceptors (Lipinski definition) is 3. The second-order valence-corrected chi connectivity index (χ2v) is 5.70. The minimum Gasteiger partial charge on any atom is -0.383 e. The van der Waals surface area contributed by atoms with Crippen LogP contribution in [0.2, 0.25) is 0 Å². The van der Waals surface area contributed by atoms with Crippen molar-refractivity contribution >= 4 is 0 Å². The molecule has 0 aromatic heterocycles. The molecule has 1 aliphatic heterocycles. The van der Waals surface area contributed by atoms with E-state index in [1.54, 1.807) is 7.11 Å². The monoisotopic (exact) mass is 241 g/mol. The molecule has 0 amide bonds. The third-order valence-electron chi connectivity index (χ3n) is 4.20. The van der Waals surface area contributed by atoms with Crippen LogP contribution >= 0.6 is 0 Å². The van der Waals surface area contributed by atoms with Gasteiger partial charge in [-0.05, 0) is 43.9 Å². The largest absolute Gasteiger partial charge is 0.383 e. The minimum absolute atomic E-state index is 0.576. The van der Waals surface area contributed by atoms with Crippen LogP contribution < -0.4 is 5.32 Å². The molecule has 2 aliphatic rings. The van der Waals surface area contributed by atoms with Crippen LogP contribution in [-0.4, -0.2) is 39.5 Å². The molecule has 0 spiro atoms.